The van der Waals surface area contributed by atoms with Crippen molar-refractivity contribution in [1.29, 1.82) is 0 Å². The third-order valence-corrected chi connectivity index (χ3v) is 6.79. The molecule has 1 aliphatic heterocycles. The average Bonchev–Trinajstić information content (AvgIpc) is 3.29. The molecule has 2 heterocycles. The number of hydrazone groups is 1. The molecule has 3 aromatic carbocycles. The number of halogens is 2. The average molecular weight is 507 g/mol. The van der Waals surface area contributed by atoms with Crippen LogP contribution in [0.25, 0.3) is 22.0 Å². The summed E-state index contributed by atoms with van der Waals surface area (Å²) in [6.07, 6.45) is 0.498. The normalized spacial score (nSPS) is 15.4. The van der Waals surface area contributed by atoms with Crippen LogP contribution in [0, 0.1) is 0 Å². The van der Waals surface area contributed by atoms with Crippen molar-refractivity contribution in [1.82, 2.24) is 15.3 Å². The van der Waals surface area contributed by atoms with E-state index in [0.29, 0.717) is 38.4 Å². The summed E-state index contributed by atoms with van der Waals surface area (Å²) in [5, 5.41) is 12.2. The van der Waals surface area contributed by atoms with Crippen LogP contribution in [0.1, 0.15) is 23.6 Å². The Morgan fingerprint density at radius 2 is 1.74 bits per heavy atom. The Labute approximate surface area is 212 Å². The van der Waals surface area contributed by atoms with E-state index in [0.717, 1.165) is 22.1 Å². The summed E-state index contributed by atoms with van der Waals surface area (Å²) in [7, 11) is 1.76. The Bertz CT molecular complexity index is 1480. The number of pyridine rings is 1. The molecular weight excluding hydrogens is 487 g/mol. The molecule has 0 aliphatic carbocycles. The smallest absolute Gasteiger partial charge is 0.258 e. The minimum atomic E-state index is -0.209. The molecule has 2 N–H and O–H groups in total. The van der Waals surface area contributed by atoms with Gasteiger partial charge in [-0.25, -0.2) is 5.01 Å². The van der Waals surface area contributed by atoms with Crippen molar-refractivity contribution in [2.75, 3.05) is 7.05 Å². The van der Waals surface area contributed by atoms with Crippen LogP contribution < -0.4 is 10.9 Å². The van der Waals surface area contributed by atoms with E-state index in [1.165, 1.54) is 0 Å². The van der Waals surface area contributed by atoms with Gasteiger partial charge < -0.3 is 10.3 Å². The van der Waals surface area contributed by atoms with E-state index in [1.54, 1.807) is 18.1 Å². The van der Waals surface area contributed by atoms with Gasteiger partial charge in [0.25, 0.3) is 5.56 Å². The second kappa shape index (κ2) is 9.22. The molecule has 1 atom stereocenters. The van der Waals surface area contributed by atoms with Gasteiger partial charge in [-0.3, -0.25) is 4.79 Å². The number of nitrogens with zero attached hydrogens (tertiary/aromatic N) is 2. The zero-order valence-corrected chi connectivity index (χ0v) is 20.5. The number of benzene rings is 3. The molecule has 5 rings (SSSR count). The van der Waals surface area contributed by atoms with Gasteiger partial charge in [0.1, 0.15) is 0 Å². The van der Waals surface area contributed by atoms with E-state index in [2.05, 4.69) is 10.3 Å². The Morgan fingerprint density at radius 3 is 2.44 bits per heavy atom. The lowest BCUT2D eigenvalue weighted by atomic mass is 9.91. The molecule has 0 radical (unpaired) electrons. The molecule has 1 aromatic heterocycles. The summed E-state index contributed by atoms with van der Waals surface area (Å²) >= 11 is 18.0. The molecule has 0 bridgehead atoms. The predicted molar refractivity (Wildman–Crippen MR) is 144 cm³/mol. The highest BCUT2D eigenvalue weighted by Crippen LogP contribution is 2.37. The Hall–Kier alpha value is -3.19. The molecule has 0 saturated heterocycles. The monoisotopic (exact) mass is 506 g/mol. The number of aromatic nitrogens is 1. The first-order valence-corrected chi connectivity index (χ1v) is 11.9. The fraction of sp³-hybridized carbons (Fsp3) is 0.115. The van der Waals surface area contributed by atoms with Gasteiger partial charge in [-0.1, -0.05) is 65.7 Å². The first kappa shape index (κ1) is 22.6. The molecule has 4 aromatic rings. The maximum absolute atomic E-state index is 13.5. The van der Waals surface area contributed by atoms with Gasteiger partial charge in [0, 0.05) is 40.0 Å². The molecule has 1 aliphatic rings. The van der Waals surface area contributed by atoms with Crippen LogP contribution in [0.5, 0.6) is 0 Å². The molecule has 0 spiro atoms. The zero-order chi connectivity index (χ0) is 23.8. The number of nitrogens with one attached hydrogen (secondary N) is 2. The van der Waals surface area contributed by atoms with Gasteiger partial charge in [-0.2, -0.15) is 5.10 Å². The predicted octanol–water partition coefficient (Wildman–Crippen LogP) is 6.16. The molecule has 170 valence electrons. The van der Waals surface area contributed by atoms with Crippen LogP contribution in [-0.2, 0) is 0 Å². The van der Waals surface area contributed by atoms with Gasteiger partial charge in [-0.05, 0) is 53.7 Å². The Morgan fingerprint density at radius 1 is 1.03 bits per heavy atom. The Balaban J connectivity index is 1.74. The molecule has 34 heavy (non-hydrogen) atoms. The molecule has 1 unspecified atom stereocenters. The number of thiocarbonyl (C=S) groups is 1. The van der Waals surface area contributed by atoms with Crippen molar-refractivity contribution in [3.05, 3.63) is 104 Å². The van der Waals surface area contributed by atoms with Crippen molar-refractivity contribution in [2.45, 2.75) is 12.5 Å². The van der Waals surface area contributed by atoms with Crippen LogP contribution in [0.15, 0.2) is 82.7 Å². The lowest BCUT2D eigenvalue weighted by molar-refractivity contribution is 0.367. The van der Waals surface area contributed by atoms with E-state index < -0.39 is 0 Å². The highest BCUT2D eigenvalue weighted by atomic mass is 35.5. The first-order valence-electron chi connectivity index (χ1n) is 10.7. The van der Waals surface area contributed by atoms with Crippen molar-refractivity contribution < 1.29 is 0 Å². The fourth-order valence-corrected chi connectivity index (χ4v) is 4.82. The van der Waals surface area contributed by atoms with Crippen LogP contribution in [0.3, 0.4) is 0 Å². The molecule has 8 heteroatoms. The summed E-state index contributed by atoms with van der Waals surface area (Å²) in [6, 6.07) is 22.7. The van der Waals surface area contributed by atoms with Crippen molar-refractivity contribution in [3.8, 4) is 11.1 Å². The largest absolute Gasteiger partial charge is 0.364 e. The van der Waals surface area contributed by atoms with Gasteiger partial charge >= 0.3 is 0 Å². The number of H-pyrrole nitrogens is 1. The standard InChI is InChI=1S/C26H20Cl2N4OS/c1-29-26(34)32-22(15-7-9-17(27)10-8-15)14-21(31-32)24-23(16-5-3-2-4-6-16)19-13-18(28)11-12-20(19)30-25(24)33/h2-13,22H,14H2,1H3,(H,29,34)(H,30,33). The highest BCUT2D eigenvalue weighted by molar-refractivity contribution is 7.80. The van der Waals surface area contributed by atoms with Crippen LogP contribution in [-0.4, -0.2) is 27.9 Å². The van der Waals surface area contributed by atoms with Gasteiger partial charge in [0.05, 0.1) is 17.3 Å². The number of hydrogen-bond acceptors (Lipinski definition) is 3. The third-order valence-electron chi connectivity index (χ3n) is 5.91. The van der Waals surface area contributed by atoms with Gasteiger partial charge in [0.15, 0.2) is 5.11 Å². The summed E-state index contributed by atoms with van der Waals surface area (Å²) in [5.41, 5.74) is 4.39. The Kier molecular flexibility index (Phi) is 6.13. The summed E-state index contributed by atoms with van der Waals surface area (Å²) < 4.78 is 0. The lowest BCUT2D eigenvalue weighted by Crippen LogP contribution is -2.34. The van der Waals surface area contributed by atoms with E-state index in [9.17, 15) is 4.79 Å². The van der Waals surface area contributed by atoms with Crippen LogP contribution in [0.4, 0.5) is 0 Å². The van der Waals surface area contributed by atoms with Crippen molar-refractivity contribution in [2.24, 2.45) is 5.10 Å². The molecule has 0 fully saturated rings. The second-order valence-corrected chi connectivity index (χ2v) is 9.24. The number of rotatable bonds is 3. The fourth-order valence-electron chi connectivity index (χ4n) is 4.35. The third kappa shape index (κ3) is 4.09. The zero-order valence-electron chi connectivity index (χ0n) is 18.2. The summed E-state index contributed by atoms with van der Waals surface area (Å²) in [4.78, 5) is 16.5. The SMILES string of the molecule is CNC(=S)N1N=C(c2c(-c3ccccc3)c3cc(Cl)ccc3[nH]c2=O)CC1c1ccc(Cl)cc1. The van der Waals surface area contributed by atoms with E-state index >= 15 is 0 Å². The quantitative estimate of drug-likeness (QED) is 0.326. The second-order valence-electron chi connectivity index (χ2n) is 7.98. The van der Waals surface area contributed by atoms with Crippen LogP contribution in [0.2, 0.25) is 10.0 Å². The molecule has 0 amide bonds. The highest BCUT2D eigenvalue weighted by Gasteiger charge is 2.33. The molecule has 5 nitrogen and oxygen atoms in total. The summed E-state index contributed by atoms with van der Waals surface area (Å²) in [5.74, 6) is 0. The minimum Gasteiger partial charge on any atom is -0.364 e. The van der Waals surface area contributed by atoms with E-state index in [1.807, 2.05) is 66.7 Å². The number of fused-ring (bicyclic) bond motifs is 1. The van der Waals surface area contributed by atoms with Crippen molar-refractivity contribution in [3.63, 3.8) is 0 Å². The van der Waals surface area contributed by atoms with E-state index in [-0.39, 0.29) is 11.6 Å². The minimum absolute atomic E-state index is 0.176. The van der Waals surface area contributed by atoms with Crippen LogP contribution >= 0.6 is 35.4 Å². The van der Waals surface area contributed by atoms with Crippen molar-refractivity contribution >= 4 is 57.1 Å². The maximum Gasteiger partial charge on any atom is 0.258 e. The molecular formula is C26H20Cl2N4OS. The topological polar surface area (TPSA) is 60.5 Å². The summed E-state index contributed by atoms with van der Waals surface area (Å²) in [6.45, 7) is 0. The van der Waals surface area contributed by atoms with Gasteiger partial charge in [0.2, 0.25) is 0 Å². The molecule has 0 saturated carbocycles. The van der Waals surface area contributed by atoms with E-state index in [4.69, 9.17) is 40.5 Å². The first-order chi connectivity index (χ1) is 16.5. The number of hydrogen-bond donors (Lipinski definition) is 2. The lowest BCUT2D eigenvalue weighted by Gasteiger charge is -2.23. The van der Waals surface area contributed by atoms with Gasteiger partial charge in [-0.15, -0.1) is 0 Å². The maximum atomic E-state index is 13.5. The number of aromatic amines is 1.